The first-order valence-electron chi connectivity index (χ1n) is 8.10. The number of pyridine rings is 1. The molecule has 0 aliphatic carbocycles. The van der Waals surface area contributed by atoms with Crippen LogP contribution in [0.15, 0.2) is 35.1 Å². The van der Waals surface area contributed by atoms with E-state index in [0.29, 0.717) is 32.1 Å². The molecule has 7 heteroatoms. The Balaban J connectivity index is 1.65. The molecular weight excluding hydrogens is 326 g/mol. The van der Waals surface area contributed by atoms with E-state index in [4.69, 9.17) is 0 Å². The van der Waals surface area contributed by atoms with Gasteiger partial charge >= 0.3 is 0 Å². The van der Waals surface area contributed by atoms with Crippen molar-refractivity contribution in [3.05, 3.63) is 46.2 Å². The normalized spacial score (nSPS) is 19.2. The summed E-state index contributed by atoms with van der Waals surface area (Å²) in [4.78, 5) is 12.4. The van der Waals surface area contributed by atoms with Crippen LogP contribution in [-0.4, -0.2) is 43.2 Å². The highest BCUT2D eigenvalue weighted by Gasteiger charge is 2.28. The number of rotatable bonds is 5. The maximum absolute atomic E-state index is 12.4. The second-order valence-corrected chi connectivity index (χ2v) is 8.48. The van der Waals surface area contributed by atoms with Crippen molar-refractivity contribution in [2.24, 2.45) is 13.0 Å². The van der Waals surface area contributed by atoms with Gasteiger partial charge < -0.3 is 9.88 Å². The van der Waals surface area contributed by atoms with Crippen LogP contribution >= 0.6 is 0 Å². The van der Waals surface area contributed by atoms with E-state index in [0.717, 1.165) is 22.9 Å². The Morgan fingerprint density at radius 1 is 1.29 bits per heavy atom. The average molecular weight is 349 g/mol. The number of hydrogen-bond acceptors (Lipinski definition) is 4. The standard InChI is InChI=1S/C17H23N3O3S/c1-19-16-6-4-3-5-14(16)9-15(17(19)21)11-18-10-13-7-8-20(12-13)24(2,22)23/h3-6,9,13,18H,7-8,10-12H2,1-2H3. The van der Waals surface area contributed by atoms with Crippen molar-refractivity contribution in [3.63, 3.8) is 0 Å². The van der Waals surface area contributed by atoms with Gasteiger partial charge in [-0.15, -0.1) is 0 Å². The molecule has 6 nitrogen and oxygen atoms in total. The van der Waals surface area contributed by atoms with Crippen molar-refractivity contribution < 1.29 is 8.42 Å². The molecule has 1 aromatic heterocycles. The molecule has 0 radical (unpaired) electrons. The number of aromatic nitrogens is 1. The van der Waals surface area contributed by atoms with E-state index in [-0.39, 0.29) is 5.56 Å². The molecule has 2 aromatic rings. The number of aryl methyl sites for hydroxylation is 1. The fourth-order valence-electron chi connectivity index (χ4n) is 3.29. The van der Waals surface area contributed by atoms with Crippen LogP contribution in [0.5, 0.6) is 0 Å². The largest absolute Gasteiger partial charge is 0.312 e. The molecule has 1 aliphatic heterocycles. The van der Waals surface area contributed by atoms with Crippen LogP contribution in [0, 0.1) is 5.92 Å². The topological polar surface area (TPSA) is 71.4 Å². The average Bonchev–Trinajstić information content (AvgIpc) is 3.01. The van der Waals surface area contributed by atoms with Gasteiger partial charge in [0.15, 0.2) is 0 Å². The van der Waals surface area contributed by atoms with Gasteiger partial charge in [0.2, 0.25) is 10.0 Å². The van der Waals surface area contributed by atoms with Crippen LogP contribution in [0.3, 0.4) is 0 Å². The van der Waals surface area contributed by atoms with E-state index in [9.17, 15) is 13.2 Å². The van der Waals surface area contributed by atoms with Crippen molar-refractivity contribution in [1.82, 2.24) is 14.2 Å². The van der Waals surface area contributed by atoms with Crippen LogP contribution in [0.2, 0.25) is 0 Å². The summed E-state index contributed by atoms with van der Waals surface area (Å²) in [5.41, 5.74) is 1.66. The fraction of sp³-hybridized carbons (Fsp3) is 0.471. The van der Waals surface area contributed by atoms with Crippen molar-refractivity contribution in [1.29, 1.82) is 0 Å². The molecule has 3 rings (SSSR count). The zero-order valence-corrected chi connectivity index (χ0v) is 14.8. The molecule has 0 spiro atoms. The number of fused-ring (bicyclic) bond motifs is 1. The maximum atomic E-state index is 12.4. The van der Waals surface area contributed by atoms with Gasteiger partial charge in [0.1, 0.15) is 0 Å². The van der Waals surface area contributed by atoms with Gasteiger partial charge in [-0.3, -0.25) is 4.79 Å². The Morgan fingerprint density at radius 2 is 2.04 bits per heavy atom. The molecule has 2 heterocycles. The lowest BCUT2D eigenvalue weighted by Gasteiger charge is -2.14. The maximum Gasteiger partial charge on any atom is 0.255 e. The Morgan fingerprint density at radius 3 is 2.75 bits per heavy atom. The minimum absolute atomic E-state index is 0.00499. The number of sulfonamides is 1. The monoisotopic (exact) mass is 349 g/mol. The Bertz CT molecular complexity index is 905. The number of benzene rings is 1. The summed E-state index contributed by atoms with van der Waals surface area (Å²) in [6.07, 6.45) is 2.11. The van der Waals surface area contributed by atoms with E-state index < -0.39 is 10.0 Å². The predicted molar refractivity (Wildman–Crippen MR) is 95.4 cm³/mol. The van der Waals surface area contributed by atoms with E-state index >= 15 is 0 Å². The van der Waals surface area contributed by atoms with Gasteiger partial charge in [0, 0.05) is 32.2 Å². The molecule has 1 fully saturated rings. The summed E-state index contributed by atoms with van der Waals surface area (Å²) in [5, 5.41) is 4.36. The van der Waals surface area contributed by atoms with Gasteiger partial charge in [0.25, 0.3) is 5.56 Å². The van der Waals surface area contributed by atoms with Crippen molar-refractivity contribution >= 4 is 20.9 Å². The summed E-state index contributed by atoms with van der Waals surface area (Å²) in [7, 11) is -1.31. The third-order valence-electron chi connectivity index (χ3n) is 4.67. The summed E-state index contributed by atoms with van der Waals surface area (Å²) in [6.45, 7) is 2.35. The van der Waals surface area contributed by atoms with Gasteiger partial charge in [-0.1, -0.05) is 18.2 Å². The Labute approximate surface area is 142 Å². The van der Waals surface area contributed by atoms with E-state index in [1.807, 2.05) is 30.3 Å². The third kappa shape index (κ3) is 3.53. The molecular formula is C17H23N3O3S. The molecule has 1 N–H and O–H groups in total. The number of nitrogens with one attached hydrogen (secondary N) is 1. The van der Waals surface area contributed by atoms with Crippen LogP contribution in [-0.2, 0) is 23.6 Å². The van der Waals surface area contributed by atoms with Gasteiger partial charge in [0.05, 0.1) is 11.8 Å². The van der Waals surface area contributed by atoms with Crippen LogP contribution in [0.4, 0.5) is 0 Å². The Hall–Kier alpha value is -1.70. The first-order valence-corrected chi connectivity index (χ1v) is 9.94. The molecule has 1 aliphatic rings. The van der Waals surface area contributed by atoms with Crippen molar-refractivity contribution in [2.75, 3.05) is 25.9 Å². The Kier molecular flexibility index (Phi) is 4.76. The van der Waals surface area contributed by atoms with Gasteiger partial charge in [-0.25, -0.2) is 12.7 Å². The summed E-state index contributed by atoms with van der Waals surface area (Å²) < 4.78 is 26.3. The highest BCUT2D eigenvalue weighted by atomic mass is 32.2. The second kappa shape index (κ2) is 6.66. The lowest BCUT2D eigenvalue weighted by atomic mass is 10.1. The van der Waals surface area contributed by atoms with Crippen molar-refractivity contribution in [2.45, 2.75) is 13.0 Å². The minimum Gasteiger partial charge on any atom is -0.312 e. The van der Waals surface area contributed by atoms with Crippen LogP contribution in [0.25, 0.3) is 10.9 Å². The van der Waals surface area contributed by atoms with Gasteiger partial charge in [-0.2, -0.15) is 0 Å². The summed E-state index contributed by atoms with van der Waals surface area (Å²) in [5.74, 6) is 0.295. The van der Waals surface area contributed by atoms with Crippen LogP contribution in [0.1, 0.15) is 12.0 Å². The van der Waals surface area contributed by atoms with Crippen LogP contribution < -0.4 is 10.9 Å². The van der Waals surface area contributed by atoms with Gasteiger partial charge in [-0.05, 0) is 36.4 Å². The molecule has 1 saturated heterocycles. The van der Waals surface area contributed by atoms with E-state index in [1.165, 1.54) is 10.6 Å². The smallest absolute Gasteiger partial charge is 0.255 e. The SMILES string of the molecule is Cn1c(=O)c(CNCC2CCN(S(C)(=O)=O)C2)cc2ccccc21. The quantitative estimate of drug-likeness (QED) is 0.871. The van der Waals surface area contributed by atoms with E-state index in [1.54, 1.807) is 11.6 Å². The molecule has 130 valence electrons. The number of nitrogens with zero attached hydrogens (tertiary/aromatic N) is 2. The molecule has 0 saturated carbocycles. The zero-order valence-electron chi connectivity index (χ0n) is 14.0. The fourth-order valence-corrected chi connectivity index (χ4v) is 4.21. The molecule has 1 atom stereocenters. The zero-order chi connectivity index (χ0) is 17.3. The van der Waals surface area contributed by atoms with E-state index in [2.05, 4.69) is 5.32 Å². The highest BCUT2D eigenvalue weighted by Crippen LogP contribution is 2.18. The molecule has 1 unspecified atom stereocenters. The number of hydrogen-bond donors (Lipinski definition) is 1. The lowest BCUT2D eigenvalue weighted by Crippen LogP contribution is -2.31. The van der Waals surface area contributed by atoms with Crippen molar-refractivity contribution in [3.8, 4) is 0 Å². The first-order chi connectivity index (χ1) is 11.4. The second-order valence-electron chi connectivity index (χ2n) is 6.50. The third-order valence-corrected chi connectivity index (χ3v) is 5.94. The molecule has 1 aromatic carbocycles. The summed E-state index contributed by atoms with van der Waals surface area (Å²) >= 11 is 0. The molecule has 0 bridgehead atoms. The minimum atomic E-state index is -3.10. The molecule has 24 heavy (non-hydrogen) atoms. The first kappa shape index (κ1) is 17.1. The molecule has 0 amide bonds. The highest BCUT2D eigenvalue weighted by molar-refractivity contribution is 7.88. The number of para-hydroxylation sites is 1. The summed E-state index contributed by atoms with van der Waals surface area (Å²) in [6, 6.07) is 9.75. The predicted octanol–water partition coefficient (Wildman–Crippen LogP) is 0.910. The lowest BCUT2D eigenvalue weighted by molar-refractivity contribution is 0.447.